The minimum Gasteiger partial charge on any atom is -0.497 e. The number of nitrogens with one attached hydrogen (secondary N) is 2. The Morgan fingerprint density at radius 3 is 2.32 bits per heavy atom. The van der Waals surface area contributed by atoms with E-state index in [0.717, 1.165) is 27.6 Å². The highest BCUT2D eigenvalue weighted by Crippen LogP contribution is 2.35. The lowest BCUT2D eigenvalue weighted by Gasteiger charge is -2.29. The third kappa shape index (κ3) is 4.92. The molecule has 1 saturated heterocycles. The monoisotopic (exact) mass is 460 g/mol. The number of carboxylic acid groups (broad SMARTS) is 1. The Morgan fingerprint density at radius 2 is 1.65 bits per heavy atom. The van der Waals surface area contributed by atoms with Crippen molar-refractivity contribution >= 4 is 22.6 Å². The summed E-state index contributed by atoms with van der Waals surface area (Å²) in [6.45, 7) is 4.93. The maximum atomic E-state index is 13.7. The molecule has 0 spiro atoms. The second-order valence-electron chi connectivity index (χ2n) is 9.21. The SMILES string of the molecule is COc1ccc(C(C)C(C)NC(=O)C(c2ccc3ccccc3c2)[C@H]2CNC[C@@H]2C(=O)O)cc1. The van der Waals surface area contributed by atoms with E-state index in [0.29, 0.717) is 13.1 Å². The van der Waals surface area contributed by atoms with Gasteiger partial charge in [0.1, 0.15) is 5.75 Å². The Balaban J connectivity index is 1.62. The number of aliphatic carboxylic acids is 1. The molecule has 0 aliphatic carbocycles. The number of carbonyl (C=O) groups is 2. The van der Waals surface area contributed by atoms with Gasteiger partial charge in [-0.2, -0.15) is 0 Å². The maximum Gasteiger partial charge on any atom is 0.308 e. The smallest absolute Gasteiger partial charge is 0.308 e. The highest BCUT2D eigenvalue weighted by atomic mass is 16.5. The summed E-state index contributed by atoms with van der Waals surface area (Å²) in [4.78, 5) is 25.7. The summed E-state index contributed by atoms with van der Waals surface area (Å²) in [5.41, 5.74) is 1.95. The van der Waals surface area contributed by atoms with E-state index in [1.54, 1.807) is 7.11 Å². The van der Waals surface area contributed by atoms with Crippen LogP contribution in [0.2, 0.25) is 0 Å². The van der Waals surface area contributed by atoms with E-state index in [9.17, 15) is 14.7 Å². The van der Waals surface area contributed by atoms with Crippen LogP contribution in [0.25, 0.3) is 10.8 Å². The number of rotatable bonds is 8. The fourth-order valence-corrected chi connectivity index (χ4v) is 4.95. The van der Waals surface area contributed by atoms with E-state index >= 15 is 0 Å². The first-order valence-electron chi connectivity index (χ1n) is 11.8. The van der Waals surface area contributed by atoms with Crippen molar-refractivity contribution in [2.24, 2.45) is 11.8 Å². The summed E-state index contributed by atoms with van der Waals surface area (Å²) in [6.07, 6.45) is 0. The van der Waals surface area contributed by atoms with E-state index in [-0.39, 0.29) is 23.8 Å². The first-order valence-corrected chi connectivity index (χ1v) is 11.8. The highest BCUT2D eigenvalue weighted by Gasteiger charge is 2.42. The summed E-state index contributed by atoms with van der Waals surface area (Å²) in [6, 6.07) is 21.7. The minimum atomic E-state index is -0.867. The molecule has 1 aliphatic heterocycles. The van der Waals surface area contributed by atoms with Gasteiger partial charge < -0.3 is 20.5 Å². The third-order valence-electron chi connectivity index (χ3n) is 7.18. The van der Waals surface area contributed by atoms with Crippen LogP contribution in [0.1, 0.15) is 36.8 Å². The second-order valence-corrected chi connectivity index (χ2v) is 9.21. The molecule has 4 rings (SSSR count). The molecule has 6 nitrogen and oxygen atoms in total. The molecule has 5 atom stereocenters. The van der Waals surface area contributed by atoms with Crippen LogP contribution in [0.4, 0.5) is 0 Å². The highest BCUT2D eigenvalue weighted by molar-refractivity contribution is 5.89. The fourth-order valence-electron chi connectivity index (χ4n) is 4.95. The zero-order valence-corrected chi connectivity index (χ0v) is 19.8. The predicted molar refractivity (Wildman–Crippen MR) is 133 cm³/mol. The molecular formula is C28H32N2O4. The lowest BCUT2D eigenvalue weighted by molar-refractivity contribution is -0.143. The van der Waals surface area contributed by atoms with Crippen molar-refractivity contribution in [3.8, 4) is 5.75 Å². The number of ether oxygens (including phenoxy) is 1. The number of methoxy groups -OCH3 is 1. The van der Waals surface area contributed by atoms with Crippen LogP contribution in [0.3, 0.4) is 0 Å². The van der Waals surface area contributed by atoms with Gasteiger partial charge in [0.25, 0.3) is 0 Å². The molecule has 3 aromatic carbocycles. The molecule has 0 radical (unpaired) electrons. The number of benzene rings is 3. The molecule has 3 unspecified atom stereocenters. The van der Waals surface area contributed by atoms with Crippen molar-refractivity contribution in [1.29, 1.82) is 0 Å². The molecule has 1 fully saturated rings. The fraction of sp³-hybridized carbons (Fsp3) is 0.357. The van der Waals surface area contributed by atoms with Crippen LogP contribution in [0, 0.1) is 11.8 Å². The predicted octanol–water partition coefficient (Wildman–Crippen LogP) is 4.16. The largest absolute Gasteiger partial charge is 0.497 e. The standard InChI is InChI=1S/C28H32N2O4/c1-17(19-10-12-23(34-3)13-11-19)18(2)30-27(31)26(24-15-29-16-25(24)28(32)33)22-9-8-20-6-4-5-7-21(20)14-22/h4-14,17-18,24-26,29H,15-16H2,1-3H3,(H,30,31)(H,32,33)/t17?,18?,24-,25-,26?/m0/s1. The normalized spacial score (nSPS) is 20.4. The van der Waals surface area contributed by atoms with Gasteiger partial charge in [-0.15, -0.1) is 0 Å². The summed E-state index contributed by atoms with van der Waals surface area (Å²) < 4.78 is 5.25. The third-order valence-corrected chi connectivity index (χ3v) is 7.18. The van der Waals surface area contributed by atoms with Gasteiger partial charge in [0.2, 0.25) is 5.91 Å². The topological polar surface area (TPSA) is 87.7 Å². The summed E-state index contributed by atoms with van der Waals surface area (Å²) >= 11 is 0. The molecule has 1 heterocycles. The van der Waals surface area contributed by atoms with Gasteiger partial charge in [0, 0.05) is 24.4 Å². The molecule has 1 aliphatic rings. The molecular weight excluding hydrogens is 428 g/mol. The zero-order valence-electron chi connectivity index (χ0n) is 19.8. The van der Waals surface area contributed by atoms with Crippen molar-refractivity contribution in [3.05, 3.63) is 77.9 Å². The lowest BCUT2D eigenvalue weighted by atomic mass is 9.78. The van der Waals surface area contributed by atoms with Gasteiger partial charge in [-0.25, -0.2) is 0 Å². The van der Waals surface area contributed by atoms with Gasteiger partial charge in [-0.3, -0.25) is 9.59 Å². The van der Waals surface area contributed by atoms with Crippen LogP contribution in [-0.2, 0) is 9.59 Å². The van der Waals surface area contributed by atoms with Crippen LogP contribution in [0.15, 0.2) is 66.7 Å². The average molecular weight is 461 g/mol. The molecule has 178 valence electrons. The number of hydrogen-bond donors (Lipinski definition) is 3. The molecule has 3 N–H and O–H groups in total. The van der Waals surface area contributed by atoms with Crippen molar-refractivity contribution < 1.29 is 19.4 Å². The van der Waals surface area contributed by atoms with Crippen LogP contribution in [-0.4, -0.2) is 43.2 Å². The Morgan fingerprint density at radius 1 is 0.971 bits per heavy atom. The quantitative estimate of drug-likeness (QED) is 0.470. The van der Waals surface area contributed by atoms with Crippen molar-refractivity contribution in [2.75, 3.05) is 20.2 Å². The number of carbonyl (C=O) groups excluding carboxylic acids is 1. The molecule has 1 amide bonds. The zero-order chi connectivity index (χ0) is 24.2. The van der Waals surface area contributed by atoms with E-state index in [4.69, 9.17) is 4.74 Å². The summed E-state index contributed by atoms with van der Waals surface area (Å²) in [7, 11) is 1.64. The molecule has 0 bridgehead atoms. The Labute approximate surface area is 200 Å². The van der Waals surface area contributed by atoms with Crippen LogP contribution < -0.4 is 15.4 Å². The maximum absolute atomic E-state index is 13.7. The number of amides is 1. The Kier molecular flexibility index (Phi) is 7.17. The van der Waals surface area contributed by atoms with Crippen molar-refractivity contribution in [1.82, 2.24) is 10.6 Å². The van der Waals surface area contributed by atoms with E-state index < -0.39 is 17.8 Å². The average Bonchev–Trinajstić information content (AvgIpc) is 3.33. The van der Waals surface area contributed by atoms with Crippen LogP contribution in [0.5, 0.6) is 5.75 Å². The van der Waals surface area contributed by atoms with E-state index in [1.165, 1.54) is 0 Å². The summed E-state index contributed by atoms with van der Waals surface area (Å²) in [5.74, 6) is -1.65. The molecule has 6 heteroatoms. The molecule has 0 saturated carbocycles. The number of fused-ring (bicyclic) bond motifs is 1. The van der Waals surface area contributed by atoms with Crippen LogP contribution >= 0.6 is 0 Å². The Bertz CT molecular complexity index is 1160. The van der Waals surface area contributed by atoms with Crippen molar-refractivity contribution in [3.63, 3.8) is 0 Å². The Hall–Kier alpha value is -3.38. The molecule has 0 aromatic heterocycles. The minimum absolute atomic E-state index is 0.0732. The van der Waals surface area contributed by atoms with E-state index in [1.807, 2.05) is 73.7 Å². The molecule has 3 aromatic rings. The number of hydrogen-bond acceptors (Lipinski definition) is 4. The summed E-state index contributed by atoms with van der Waals surface area (Å²) in [5, 5.41) is 18.3. The van der Waals surface area contributed by atoms with E-state index in [2.05, 4.69) is 17.6 Å². The van der Waals surface area contributed by atoms with Crippen molar-refractivity contribution in [2.45, 2.75) is 31.7 Å². The number of carboxylic acids is 1. The first-order chi connectivity index (χ1) is 16.4. The van der Waals surface area contributed by atoms with Gasteiger partial charge in [-0.1, -0.05) is 61.5 Å². The van der Waals surface area contributed by atoms with Gasteiger partial charge in [0.15, 0.2) is 0 Å². The lowest BCUT2D eigenvalue weighted by Crippen LogP contribution is -2.43. The molecule has 34 heavy (non-hydrogen) atoms. The second kappa shape index (κ2) is 10.3. The van der Waals surface area contributed by atoms with Gasteiger partial charge in [-0.05, 0) is 47.5 Å². The van der Waals surface area contributed by atoms with Gasteiger partial charge >= 0.3 is 5.97 Å². The van der Waals surface area contributed by atoms with Gasteiger partial charge in [0.05, 0.1) is 18.9 Å². The first kappa shape index (κ1) is 23.8.